The Morgan fingerprint density at radius 1 is 1.17 bits per heavy atom. The molecule has 0 bridgehead atoms. The standard InChI is InChI=1S/C18H20ClN5O5S/c1-23(2)11-21-30(27,28)12-8-9-13(15(19)10-12)17(25)24(22-20)16-7-5-4-6-14(16)18(26)29-3/h4-11,22H,20H2,1-3H3/b21-11+. The predicted molar refractivity (Wildman–Crippen MR) is 113 cm³/mol. The Balaban J connectivity index is 2.45. The van der Waals surface area contributed by atoms with Gasteiger partial charge in [0.15, 0.2) is 0 Å². The quantitative estimate of drug-likeness (QED) is 0.211. The van der Waals surface area contributed by atoms with E-state index in [1.807, 2.05) is 0 Å². The number of ether oxygens (including phenoxy) is 1. The summed E-state index contributed by atoms with van der Waals surface area (Å²) in [6, 6.07) is 9.66. The van der Waals surface area contributed by atoms with Gasteiger partial charge < -0.3 is 9.64 Å². The minimum absolute atomic E-state index is 0.0511. The zero-order chi connectivity index (χ0) is 22.5. The largest absolute Gasteiger partial charge is 0.465 e. The van der Waals surface area contributed by atoms with Crippen molar-refractivity contribution in [1.82, 2.24) is 10.4 Å². The number of nitrogens with one attached hydrogen (secondary N) is 1. The van der Waals surface area contributed by atoms with Crippen molar-refractivity contribution in [1.29, 1.82) is 0 Å². The molecule has 160 valence electrons. The third-order valence-electron chi connectivity index (χ3n) is 3.77. The molecule has 0 aliphatic rings. The molecule has 0 atom stereocenters. The second-order valence-corrected chi connectivity index (χ2v) is 8.12. The Bertz CT molecular complexity index is 1090. The Hall–Kier alpha value is -2.99. The number of anilines is 1. The van der Waals surface area contributed by atoms with Crippen molar-refractivity contribution in [2.45, 2.75) is 4.90 Å². The Morgan fingerprint density at radius 2 is 1.83 bits per heavy atom. The summed E-state index contributed by atoms with van der Waals surface area (Å²) in [5.41, 5.74) is 2.37. The van der Waals surface area contributed by atoms with Crippen molar-refractivity contribution < 1.29 is 22.7 Å². The highest BCUT2D eigenvalue weighted by Gasteiger charge is 2.25. The molecule has 2 aromatic carbocycles. The van der Waals surface area contributed by atoms with Crippen molar-refractivity contribution in [3.8, 4) is 0 Å². The van der Waals surface area contributed by atoms with Crippen LogP contribution in [0.4, 0.5) is 5.69 Å². The van der Waals surface area contributed by atoms with E-state index in [2.05, 4.69) is 9.93 Å². The predicted octanol–water partition coefficient (Wildman–Crippen LogP) is 1.43. The van der Waals surface area contributed by atoms with E-state index < -0.39 is 21.9 Å². The number of sulfonamides is 1. The summed E-state index contributed by atoms with van der Waals surface area (Å²) in [4.78, 5) is 26.3. The molecule has 0 fully saturated rings. The lowest BCUT2D eigenvalue weighted by Gasteiger charge is -2.23. The van der Waals surface area contributed by atoms with Crippen LogP contribution in [0.2, 0.25) is 5.02 Å². The Labute approximate surface area is 178 Å². The molecule has 1 amide bonds. The molecule has 0 saturated carbocycles. The molecule has 3 N–H and O–H groups in total. The second-order valence-electron chi connectivity index (χ2n) is 6.08. The molecule has 2 rings (SSSR count). The summed E-state index contributed by atoms with van der Waals surface area (Å²) in [5.74, 6) is 4.11. The maximum absolute atomic E-state index is 13.0. The zero-order valence-corrected chi connectivity index (χ0v) is 17.9. The van der Waals surface area contributed by atoms with Crippen LogP contribution in [0.3, 0.4) is 0 Å². The Morgan fingerprint density at radius 3 is 2.40 bits per heavy atom. The fourth-order valence-electron chi connectivity index (χ4n) is 2.36. The summed E-state index contributed by atoms with van der Waals surface area (Å²) in [6.07, 6.45) is 1.13. The molecular formula is C18H20ClN5O5S. The van der Waals surface area contributed by atoms with E-state index in [1.54, 1.807) is 26.2 Å². The molecule has 0 saturated heterocycles. The first-order chi connectivity index (χ1) is 14.1. The van der Waals surface area contributed by atoms with E-state index in [4.69, 9.17) is 22.2 Å². The summed E-state index contributed by atoms with van der Waals surface area (Å²) in [7, 11) is 0.440. The van der Waals surface area contributed by atoms with Crippen LogP contribution >= 0.6 is 11.6 Å². The third kappa shape index (κ3) is 5.13. The number of para-hydroxylation sites is 1. The maximum atomic E-state index is 13.0. The van der Waals surface area contributed by atoms with Crippen LogP contribution in [0, 0.1) is 0 Å². The number of hydrogen-bond acceptors (Lipinski definition) is 7. The molecule has 12 heteroatoms. The van der Waals surface area contributed by atoms with E-state index in [0.717, 1.165) is 17.4 Å². The number of esters is 1. The van der Waals surface area contributed by atoms with Crippen LogP contribution in [0.25, 0.3) is 0 Å². The maximum Gasteiger partial charge on any atom is 0.340 e. The molecule has 0 aliphatic heterocycles. The van der Waals surface area contributed by atoms with E-state index >= 15 is 0 Å². The monoisotopic (exact) mass is 453 g/mol. The molecule has 10 nitrogen and oxygen atoms in total. The van der Waals surface area contributed by atoms with Crippen LogP contribution < -0.4 is 16.4 Å². The fourth-order valence-corrected chi connectivity index (χ4v) is 3.62. The first kappa shape index (κ1) is 23.3. The molecule has 0 radical (unpaired) electrons. The van der Waals surface area contributed by atoms with Crippen LogP contribution in [0.5, 0.6) is 0 Å². The lowest BCUT2D eigenvalue weighted by Crippen LogP contribution is -2.48. The number of carbonyl (C=O) groups excluding carboxylic acids is 2. The van der Waals surface area contributed by atoms with Crippen molar-refractivity contribution in [2.24, 2.45) is 10.2 Å². The van der Waals surface area contributed by atoms with E-state index in [-0.39, 0.29) is 26.7 Å². The summed E-state index contributed by atoms with van der Waals surface area (Å²) in [5, 5.41) is 0.753. The van der Waals surface area contributed by atoms with Gasteiger partial charge in [-0.05, 0) is 30.3 Å². The van der Waals surface area contributed by atoms with Crippen LogP contribution in [0.1, 0.15) is 20.7 Å². The zero-order valence-electron chi connectivity index (χ0n) is 16.4. The van der Waals surface area contributed by atoms with Crippen LogP contribution in [-0.2, 0) is 14.8 Å². The molecule has 0 aromatic heterocycles. The van der Waals surface area contributed by atoms with Gasteiger partial charge in [-0.15, -0.1) is 4.40 Å². The van der Waals surface area contributed by atoms with Crippen molar-refractivity contribution in [3.05, 3.63) is 58.6 Å². The molecule has 0 aliphatic carbocycles. The van der Waals surface area contributed by atoms with Gasteiger partial charge in [-0.3, -0.25) is 10.6 Å². The number of halogens is 1. The number of amides is 1. The number of hydrogen-bond donors (Lipinski definition) is 2. The SMILES string of the molecule is COC(=O)c1ccccc1N(NN)C(=O)c1ccc(S(=O)(=O)/N=C/N(C)C)cc1Cl. The van der Waals surface area contributed by atoms with Gasteiger partial charge in [-0.1, -0.05) is 23.7 Å². The lowest BCUT2D eigenvalue weighted by atomic mass is 10.1. The fraction of sp³-hybridized carbons (Fsp3) is 0.167. The van der Waals surface area contributed by atoms with Gasteiger partial charge in [0.2, 0.25) is 0 Å². The van der Waals surface area contributed by atoms with Gasteiger partial charge in [0.25, 0.3) is 15.9 Å². The molecular weight excluding hydrogens is 434 g/mol. The smallest absolute Gasteiger partial charge is 0.340 e. The van der Waals surface area contributed by atoms with Gasteiger partial charge in [-0.25, -0.2) is 9.80 Å². The number of benzene rings is 2. The lowest BCUT2D eigenvalue weighted by molar-refractivity contribution is 0.0601. The summed E-state index contributed by atoms with van der Waals surface area (Å²) < 4.78 is 32.8. The number of nitrogens with two attached hydrogens (primary N) is 1. The first-order valence-electron chi connectivity index (χ1n) is 8.37. The van der Waals surface area contributed by atoms with Gasteiger partial charge in [-0.2, -0.15) is 14.0 Å². The minimum Gasteiger partial charge on any atom is -0.465 e. The van der Waals surface area contributed by atoms with Crippen LogP contribution in [0.15, 0.2) is 51.8 Å². The summed E-state index contributed by atoms with van der Waals surface area (Å²) >= 11 is 6.18. The molecule has 0 unspecified atom stereocenters. The van der Waals surface area contributed by atoms with Gasteiger partial charge in [0.1, 0.15) is 6.34 Å². The Kier molecular flexibility index (Phi) is 7.51. The van der Waals surface area contributed by atoms with Gasteiger partial charge in [0, 0.05) is 14.1 Å². The third-order valence-corrected chi connectivity index (χ3v) is 5.30. The second kappa shape index (κ2) is 9.67. The van der Waals surface area contributed by atoms with Gasteiger partial charge in [0.05, 0.1) is 33.8 Å². The highest BCUT2D eigenvalue weighted by Crippen LogP contribution is 2.26. The number of nitrogens with zero attached hydrogens (tertiary/aromatic N) is 3. The average Bonchev–Trinajstić information content (AvgIpc) is 2.72. The highest BCUT2D eigenvalue weighted by molar-refractivity contribution is 7.90. The number of rotatable bonds is 7. The summed E-state index contributed by atoms with van der Waals surface area (Å²) in [6.45, 7) is 0. The van der Waals surface area contributed by atoms with E-state index in [1.165, 1.54) is 36.3 Å². The van der Waals surface area contributed by atoms with E-state index in [9.17, 15) is 18.0 Å². The minimum atomic E-state index is -4.00. The number of hydrazine groups is 2. The number of methoxy groups -OCH3 is 1. The first-order valence-corrected chi connectivity index (χ1v) is 10.2. The van der Waals surface area contributed by atoms with Crippen molar-refractivity contribution in [2.75, 3.05) is 26.2 Å². The normalized spacial score (nSPS) is 11.4. The number of carbonyl (C=O) groups is 2. The topological polar surface area (TPSA) is 134 Å². The molecule has 0 heterocycles. The molecule has 0 spiro atoms. The van der Waals surface area contributed by atoms with Gasteiger partial charge >= 0.3 is 5.97 Å². The molecule has 30 heavy (non-hydrogen) atoms. The average molecular weight is 454 g/mol. The van der Waals surface area contributed by atoms with E-state index in [0.29, 0.717) is 0 Å². The van der Waals surface area contributed by atoms with Crippen LogP contribution in [-0.4, -0.2) is 52.7 Å². The van der Waals surface area contributed by atoms with Crippen molar-refractivity contribution >= 4 is 45.5 Å². The van der Waals surface area contributed by atoms with Crippen molar-refractivity contribution in [3.63, 3.8) is 0 Å². The molecule has 2 aromatic rings. The highest BCUT2D eigenvalue weighted by atomic mass is 35.5.